The van der Waals surface area contributed by atoms with Gasteiger partial charge in [0.15, 0.2) is 4.34 Å². The standard InChI is InChI=1S/C13H17N3OS3/c1-18-6-5-9(14)12(17)15-8-3-4-10-11(7-8)20-13(16-10)19-2/h3-4,7,9H,5-6,14H2,1-2H3,(H,15,17)/t9-/m0/s1. The molecule has 108 valence electrons. The van der Waals surface area contributed by atoms with Crippen LogP contribution in [0.5, 0.6) is 0 Å². The third-order valence-corrected chi connectivity index (χ3v) is 5.43. The number of benzene rings is 1. The Morgan fingerprint density at radius 3 is 3.00 bits per heavy atom. The first-order valence-corrected chi connectivity index (χ1v) is 9.57. The van der Waals surface area contributed by atoms with Gasteiger partial charge in [-0.15, -0.1) is 11.3 Å². The van der Waals surface area contributed by atoms with Crippen molar-refractivity contribution in [2.45, 2.75) is 16.8 Å². The smallest absolute Gasteiger partial charge is 0.241 e. The van der Waals surface area contributed by atoms with Crippen LogP contribution in [0.3, 0.4) is 0 Å². The molecular formula is C13H17N3OS3. The maximum Gasteiger partial charge on any atom is 0.241 e. The number of nitrogens with two attached hydrogens (primary N) is 1. The van der Waals surface area contributed by atoms with Gasteiger partial charge in [0, 0.05) is 5.69 Å². The molecule has 1 aromatic heterocycles. The minimum atomic E-state index is -0.457. The summed E-state index contributed by atoms with van der Waals surface area (Å²) in [7, 11) is 0. The van der Waals surface area contributed by atoms with E-state index < -0.39 is 6.04 Å². The van der Waals surface area contributed by atoms with Gasteiger partial charge in [-0.2, -0.15) is 11.8 Å². The Hall–Kier alpha value is -0.760. The fourth-order valence-corrected chi connectivity index (χ4v) is 3.70. The van der Waals surface area contributed by atoms with Gasteiger partial charge in [0.2, 0.25) is 5.91 Å². The fourth-order valence-electron chi connectivity index (χ4n) is 1.68. The van der Waals surface area contributed by atoms with Crippen molar-refractivity contribution in [1.82, 2.24) is 4.98 Å². The number of fused-ring (bicyclic) bond motifs is 1. The molecule has 0 radical (unpaired) electrons. The van der Waals surface area contributed by atoms with Crippen LogP contribution in [0.1, 0.15) is 6.42 Å². The summed E-state index contributed by atoms with van der Waals surface area (Å²) in [6, 6.07) is 5.28. The van der Waals surface area contributed by atoms with Crippen LogP contribution in [0.4, 0.5) is 5.69 Å². The molecular weight excluding hydrogens is 310 g/mol. The van der Waals surface area contributed by atoms with E-state index in [-0.39, 0.29) is 5.91 Å². The predicted molar refractivity (Wildman–Crippen MR) is 91.0 cm³/mol. The van der Waals surface area contributed by atoms with Crippen LogP contribution in [-0.2, 0) is 4.79 Å². The average molecular weight is 328 g/mol. The molecule has 0 saturated carbocycles. The molecule has 0 saturated heterocycles. The molecule has 0 spiro atoms. The first-order chi connectivity index (χ1) is 9.63. The molecule has 1 amide bonds. The molecule has 1 atom stereocenters. The number of thioether (sulfide) groups is 2. The molecule has 7 heteroatoms. The van der Waals surface area contributed by atoms with Crippen molar-refractivity contribution in [3.63, 3.8) is 0 Å². The van der Waals surface area contributed by atoms with Crippen LogP contribution < -0.4 is 11.1 Å². The SMILES string of the molecule is CSCC[C@H](N)C(=O)Nc1ccc2nc(SC)sc2c1. The quantitative estimate of drug-likeness (QED) is 0.798. The second kappa shape index (κ2) is 7.31. The number of thiazole rings is 1. The summed E-state index contributed by atoms with van der Waals surface area (Å²) in [5.74, 6) is 0.757. The number of amides is 1. The van der Waals surface area contributed by atoms with Crippen molar-refractivity contribution in [2.75, 3.05) is 23.6 Å². The summed E-state index contributed by atoms with van der Waals surface area (Å²) in [5.41, 5.74) is 7.59. The van der Waals surface area contributed by atoms with Crippen molar-refractivity contribution in [3.05, 3.63) is 18.2 Å². The minimum absolute atomic E-state index is 0.131. The highest BCUT2D eigenvalue weighted by Gasteiger charge is 2.13. The van der Waals surface area contributed by atoms with E-state index in [9.17, 15) is 4.79 Å². The van der Waals surface area contributed by atoms with E-state index in [1.54, 1.807) is 34.9 Å². The molecule has 2 aromatic rings. The summed E-state index contributed by atoms with van der Waals surface area (Å²) < 4.78 is 2.10. The van der Waals surface area contributed by atoms with Gasteiger partial charge in [-0.05, 0) is 42.9 Å². The zero-order valence-electron chi connectivity index (χ0n) is 11.4. The highest BCUT2D eigenvalue weighted by molar-refractivity contribution is 8.00. The zero-order chi connectivity index (χ0) is 14.5. The number of hydrogen-bond acceptors (Lipinski definition) is 6. The number of nitrogens with zero attached hydrogens (tertiary/aromatic N) is 1. The van der Waals surface area contributed by atoms with Gasteiger partial charge in [-0.25, -0.2) is 4.98 Å². The molecule has 1 aromatic carbocycles. The van der Waals surface area contributed by atoms with Crippen LogP contribution in [-0.4, -0.2) is 35.2 Å². The Labute approximate surface area is 130 Å². The number of carbonyl (C=O) groups is 1. The lowest BCUT2D eigenvalue weighted by Crippen LogP contribution is -2.36. The normalized spacial score (nSPS) is 12.6. The summed E-state index contributed by atoms with van der Waals surface area (Å²) in [6.07, 6.45) is 4.70. The van der Waals surface area contributed by atoms with E-state index in [1.807, 2.05) is 30.7 Å². The van der Waals surface area contributed by atoms with Crippen LogP contribution >= 0.6 is 34.9 Å². The molecule has 1 heterocycles. The molecule has 4 nitrogen and oxygen atoms in total. The molecule has 20 heavy (non-hydrogen) atoms. The first kappa shape index (κ1) is 15.6. The predicted octanol–water partition coefficient (Wildman–Crippen LogP) is 3.04. The lowest BCUT2D eigenvalue weighted by Gasteiger charge is -2.11. The van der Waals surface area contributed by atoms with Crippen LogP contribution in [0.15, 0.2) is 22.5 Å². The monoisotopic (exact) mass is 327 g/mol. The Morgan fingerprint density at radius 2 is 2.30 bits per heavy atom. The summed E-state index contributed by atoms with van der Waals surface area (Å²) >= 11 is 4.94. The van der Waals surface area contributed by atoms with Gasteiger partial charge in [0.25, 0.3) is 0 Å². The van der Waals surface area contributed by atoms with E-state index in [1.165, 1.54) is 0 Å². The lowest BCUT2D eigenvalue weighted by molar-refractivity contribution is -0.117. The number of carbonyl (C=O) groups excluding carboxylic acids is 1. The Bertz CT molecular complexity index is 600. The molecule has 0 bridgehead atoms. The van der Waals surface area contributed by atoms with Gasteiger partial charge in [-0.3, -0.25) is 4.79 Å². The molecule has 0 unspecified atom stereocenters. The first-order valence-electron chi connectivity index (χ1n) is 6.14. The van der Waals surface area contributed by atoms with Crippen molar-refractivity contribution in [3.8, 4) is 0 Å². The summed E-state index contributed by atoms with van der Waals surface area (Å²) in [6.45, 7) is 0. The van der Waals surface area contributed by atoms with E-state index in [4.69, 9.17) is 5.73 Å². The third kappa shape index (κ3) is 3.88. The Morgan fingerprint density at radius 1 is 1.50 bits per heavy atom. The lowest BCUT2D eigenvalue weighted by atomic mass is 10.2. The topological polar surface area (TPSA) is 68.0 Å². The molecule has 2 rings (SSSR count). The van der Waals surface area contributed by atoms with E-state index in [2.05, 4.69) is 10.3 Å². The summed E-state index contributed by atoms with van der Waals surface area (Å²) in [4.78, 5) is 16.4. The molecule has 0 fully saturated rings. The molecule has 0 aliphatic heterocycles. The van der Waals surface area contributed by atoms with Crippen LogP contribution in [0.2, 0.25) is 0 Å². The maximum absolute atomic E-state index is 12.0. The van der Waals surface area contributed by atoms with Gasteiger partial charge in [0.05, 0.1) is 16.3 Å². The van der Waals surface area contributed by atoms with E-state index in [0.717, 1.165) is 26.0 Å². The number of hydrogen-bond donors (Lipinski definition) is 2. The highest BCUT2D eigenvalue weighted by Crippen LogP contribution is 2.29. The summed E-state index contributed by atoms with van der Waals surface area (Å²) in [5, 5.41) is 2.87. The number of aromatic nitrogens is 1. The Kier molecular flexibility index (Phi) is 5.71. The number of rotatable bonds is 6. The average Bonchev–Trinajstić information content (AvgIpc) is 2.86. The number of anilines is 1. The molecule has 3 N–H and O–H groups in total. The molecule has 0 aliphatic carbocycles. The second-order valence-electron chi connectivity index (χ2n) is 4.24. The number of nitrogens with one attached hydrogen (secondary N) is 1. The van der Waals surface area contributed by atoms with E-state index in [0.29, 0.717) is 6.42 Å². The van der Waals surface area contributed by atoms with Gasteiger partial charge < -0.3 is 11.1 Å². The van der Waals surface area contributed by atoms with Crippen molar-refractivity contribution in [2.24, 2.45) is 5.73 Å². The largest absolute Gasteiger partial charge is 0.325 e. The van der Waals surface area contributed by atoms with Gasteiger partial charge in [0.1, 0.15) is 0 Å². The van der Waals surface area contributed by atoms with Crippen LogP contribution in [0.25, 0.3) is 10.2 Å². The van der Waals surface area contributed by atoms with Crippen LogP contribution in [0, 0.1) is 0 Å². The van der Waals surface area contributed by atoms with Gasteiger partial charge in [-0.1, -0.05) is 11.8 Å². The van der Waals surface area contributed by atoms with E-state index >= 15 is 0 Å². The molecule has 0 aliphatic rings. The Balaban J connectivity index is 2.07. The van der Waals surface area contributed by atoms with Crippen molar-refractivity contribution in [1.29, 1.82) is 0 Å². The fraction of sp³-hybridized carbons (Fsp3) is 0.385. The van der Waals surface area contributed by atoms with Gasteiger partial charge >= 0.3 is 0 Å². The van der Waals surface area contributed by atoms with Crippen molar-refractivity contribution >= 4 is 56.7 Å². The zero-order valence-corrected chi connectivity index (χ0v) is 13.8. The highest BCUT2D eigenvalue weighted by atomic mass is 32.2. The minimum Gasteiger partial charge on any atom is -0.325 e. The second-order valence-corrected chi connectivity index (χ2v) is 7.31. The maximum atomic E-state index is 12.0. The third-order valence-electron chi connectivity index (χ3n) is 2.78. The van der Waals surface area contributed by atoms with Crippen molar-refractivity contribution < 1.29 is 4.79 Å².